The van der Waals surface area contributed by atoms with Crippen LogP contribution in [0.25, 0.3) is 0 Å². The van der Waals surface area contributed by atoms with Crippen LogP contribution >= 0.6 is 11.6 Å². The number of benzene rings is 2. The summed E-state index contributed by atoms with van der Waals surface area (Å²) in [6, 6.07) is 13.8. The van der Waals surface area contributed by atoms with Crippen LogP contribution in [0.2, 0.25) is 5.02 Å². The Morgan fingerprint density at radius 3 is 2.45 bits per heavy atom. The van der Waals surface area contributed by atoms with Gasteiger partial charge in [-0.05, 0) is 61.0 Å². The molecule has 0 unspecified atom stereocenters. The molecular formula is C21H20ClN3O5S. The van der Waals surface area contributed by atoms with Crippen LogP contribution < -0.4 is 15.4 Å². The summed E-state index contributed by atoms with van der Waals surface area (Å²) in [5.41, 5.74) is 1.50. The van der Waals surface area contributed by atoms with E-state index >= 15 is 0 Å². The minimum absolute atomic E-state index is 0.00443. The molecule has 0 aliphatic carbocycles. The first kappa shape index (κ1) is 22.5. The molecule has 0 spiro atoms. The van der Waals surface area contributed by atoms with E-state index in [4.69, 9.17) is 16.0 Å². The Kier molecular flexibility index (Phi) is 7.11. The molecule has 0 atom stereocenters. The standard InChI is InChI=1S/C21H20ClN3O5S/c1-14-18(22)5-2-6-19(14)25-20(26)13-23-21(27)15-7-9-17(10-8-15)31(28,29)24-12-16-4-3-11-30-16/h2-11,24H,12-13H2,1H3,(H,23,27)(H,25,26). The number of anilines is 1. The molecule has 8 nitrogen and oxygen atoms in total. The summed E-state index contributed by atoms with van der Waals surface area (Å²) in [5, 5.41) is 5.70. The van der Waals surface area contributed by atoms with Crippen molar-refractivity contribution in [1.82, 2.24) is 10.0 Å². The summed E-state index contributed by atoms with van der Waals surface area (Å²) >= 11 is 6.02. The van der Waals surface area contributed by atoms with E-state index in [9.17, 15) is 18.0 Å². The zero-order valence-corrected chi connectivity index (χ0v) is 18.1. The second-order valence-corrected chi connectivity index (χ2v) is 8.75. The fraction of sp³-hybridized carbons (Fsp3) is 0.143. The monoisotopic (exact) mass is 461 g/mol. The Bertz CT molecular complexity index is 1180. The summed E-state index contributed by atoms with van der Waals surface area (Å²) in [4.78, 5) is 24.4. The van der Waals surface area contributed by atoms with Crippen molar-refractivity contribution in [2.45, 2.75) is 18.4 Å². The van der Waals surface area contributed by atoms with Gasteiger partial charge in [0.25, 0.3) is 5.91 Å². The summed E-state index contributed by atoms with van der Waals surface area (Å²) in [6.45, 7) is 1.53. The van der Waals surface area contributed by atoms with Crippen molar-refractivity contribution < 1.29 is 22.4 Å². The molecule has 0 saturated carbocycles. The van der Waals surface area contributed by atoms with Gasteiger partial charge in [-0.15, -0.1) is 0 Å². The Labute approximate surface area is 184 Å². The molecule has 31 heavy (non-hydrogen) atoms. The van der Waals surface area contributed by atoms with E-state index in [1.165, 1.54) is 30.5 Å². The second kappa shape index (κ2) is 9.78. The second-order valence-electron chi connectivity index (χ2n) is 6.57. The number of halogens is 1. The summed E-state index contributed by atoms with van der Waals surface area (Å²) in [6.07, 6.45) is 1.45. The number of amides is 2. The highest BCUT2D eigenvalue weighted by Crippen LogP contribution is 2.22. The lowest BCUT2D eigenvalue weighted by Gasteiger charge is -2.10. The van der Waals surface area contributed by atoms with Crippen molar-refractivity contribution in [3.8, 4) is 0 Å². The van der Waals surface area contributed by atoms with Gasteiger partial charge in [-0.1, -0.05) is 17.7 Å². The molecule has 0 aliphatic heterocycles. The molecule has 0 bridgehead atoms. The van der Waals surface area contributed by atoms with E-state index in [2.05, 4.69) is 15.4 Å². The molecule has 0 fully saturated rings. The lowest BCUT2D eigenvalue weighted by atomic mass is 10.2. The molecule has 10 heteroatoms. The van der Waals surface area contributed by atoms with E-state index < -0.39 is 21.8 Å². The normalized spacial score (nSPS) is 11.2. The van der Waals surface area contributed by atoms with Crippen molar-refractivity contribution in [1.29, 1.82) is 0 Å². The number of carbonyl (C=O) groups is 2. The van der Waals surface area contributed by atoms with Crippen molar-refractivity contribution >= 4 is 39.1 Å². The molecule has 162 valence electrons. The molecule has 3 N–H and O–H groups in total. The van der Waals surface area contributed by atoms with Gasteiger partial charge in [0, 0.05) is 16.3 Å². The van der Waals surface area contributed by atoms with Crippen molar-refractivity contribution in [2.75, 3.05) is 11.9 Å². The number of furan rings is 1. The lowest BCUT2D eigenvalue weighted by molar-refractivity contribution is -0.115. The number of hydrogen-bond donors (Lipinski definition) is 3. The average Bonchev–Trinajstić information content (AvgIpc) is 3.28. The van der Waals surface area contributed by atoms with Gasteiger partial charge in [-0.3, -0.25) is 9.59 Å². The quantitative estimate of drug-likeness (QED) is 0.476. The Balaban J connectivity index is 1.55. The first-order chi connectivity index (χ1) is 14.8. The van der Waals surface area contributed by atoms with Crippen molar-refractivity contribution in [3.05, 3.63) is 82.8 Å². The zero-order valence-electron chi connectivity index (χ0n) is 16.5. The van der Waals surface area contributed by atoms with Gasteiger partial charge in [0.1, 0.15) is 5.76 Å². The number of nitrogens with one attached hydrogen (secondary N) is 3. The third-order valence-electron chi connectivity index (χ3n) is 4.39. The first-order valence-electron chi connectivity index (χ1n) is 9.21. The first-order valence-corrected chi connectivity index (χ1v) is 11.1. The highest BCUT2D eigenvalue weighted by molar-refractivity contribution is 7.89. The third-order valence-corrected chi connectivity index (χ3v) is 6.22. The summed E-state index contributed by atoms with van der Waals surface area (Å²) in [7, 11) is -3.76. The largest absolute Gasteiger partial charge is 0.468 e. The molecule has 0 radical (unpaired) electrons. The van der Waals surface area contributed by atoms with Gasteiger partial charge in [-0.25, -0.2) is 13.1 Å². The molecule has 3 rings (SSSR count). The summed E-state index contributed by atoms with van der Waals surface area (Å²) < 4.78 is 32.2. The maximum absolute atomic E-state index is 12.3. The van der Waals surface area contributed by atoms with Gasteiger partial charge in [0.2, 0.25) is 15.9 Å². The van der Waals surface area contributed by atoms with Crippen LogP contribution in [0.15, 0.2) is 70.2 Å². The fourth-order valence-corrected chi connectivity index (χ4v) is 3.82. The molecule has 1 aromatic heterocycles. The number of sulfonamides is 1. The van der Waals surface area contributed by atoms with Crippen LogP contribution in [0.3, 0.4) is 0 Å². The van der Waals surface area contributed by atoms with E-state index in [-0.39, 0.29) is 23.5 Å². The van der Waals surface area contributed by atoms with E-state index in [1.54, 1.807) is 37.3 Å². The predicted octanol–water partition coefficient (Wildman–Crippen LogP) is 3.09. The van der Waals surface area contributed by atoms with Crippen molar-refractivity contribution in [3.63, 3.8) is 0 Å². The topological polar surface area (TPSA) is 118 Å². The third kappa shape index (κ3) is 5.94. The maximum Gasteiger partial charge on any atom is 0.251 e. The molecule has 3 aromatic rings. The zero-order chi connectivity index (χ0) is 22.4. The van der Waals surface area contributed by atoms with Crippen LogP contribution in [0.5, 0.6) is 0 Å². The lowest BCUT2D eigenvalue weighted by Crippen LogP contribution is -2.33. The minimum Gasteiger partial charge on any atom is -0.468 e. The van der Waals surface area contributed by atoms with Crippen LogP contribution in [-0.4, -0.2) is 26.8 Å². The number of carbonyl (C=O) groups excluding carboxylic acids is 2. The average molecular weight is 462 g/mol. The van der Waals surface area contributed by atoms with Crippen LogP contribution in [0.1, 0.15) is 21.7 Å². The van der Waals surface area contributed by atoms with E-state index in [0.717, 1.165) is 5.56 Å². The number of rotatable bonds is 8. The molecule has 0 aliphatic rings. The predicted molar refractivity (Wildman–Crippen MR) is 116 cm³/mol. The molecular weight excluding hydrogens is 442 g/mol. The SMILES string of the molecule is Cc1c(Cl)cccc1NC(=O)CNC(=O)c1ccc(S(=O)(=O)NCc2ccco2)cc1. The number of hydrogen-bond acceptors (Lipinski definition) is 5. The Morgan fingerprint density at radius 1 is 1.03 bits per heavy atom. The fourth-order valence-electron chi connectivity index (χ4n) is 2.65. The molecule has 0 saturated heterocycles. The van der Waals surface area contributed by atoms with Crippen LogP contribution in [-0.2, 0) is 21.4 Å². The van der Waals surface area contributed by atoms with Crippen molar-refractivity contribution in [2.24, 2.45) is 0 Å². The Morgan fingerprint density at radius 2 is 1.77 bits per heavy atom. The Hall–Kier alpha value is -3.14. The molecule has 2 amide bonds. The summed E-state index contributed by atoms with van der Waals surface area (Å²) in [5.74, 6) is -0.448. The smallest absolute Gasteiger partial charge is 0.251 e. The highest BCUT2D eigenvalue weighted by atomic mass is 35.5. The highest BCUT2D eigenvalue weighted by Gasteiger charge is 2.16. The minimum atomic E-state index is -3.76. The van der Waals surface area contributed by atoms with Gasteiger partial charge in [-0.2, -0.15) is 0 Å². The van der Waals surface area contributed by atoms with Crippen LogP contribution in [0.4, 0.5) is 5.69 Å². The molecule has 2 aromatic carbocycles. The molecule has 1 heterocycles. The van der Waals surface area contributed by atoms with Gasteiger partial charge >= 0.3 is 0 Å². The van der Waals surface area contributed by atoms with Gasteiger partial charge < -0.3 is 15.1 Å². The maximum atomic E-state index is 12.3. The van der Waals surface area contributed by atoms with Gasteiger partial charge in [0.05, 0.1) is 24.2 Å². The van der Waals surface area contributed by atoms with Gasteiger partial charge in [0.15, 0.2) is 0 Å². The van der Waals surface area contributed by atoms with E-state index in [1.807, 2.05) is 0 Å². The van der Waals surface area contributed by atoms with Crippen LogP contribution in [0, 0.1) is 6.92 Å². The van der Waals surface area contributed by atoms with E-state index in [0.29, 0.717) is 16.5 Å².